The molecule has 3 N–H and O–H groups in total. The number of likely N-dealkylation sites (N-methyl/N-ethyl adjacent to an activating group) is 1. The lowest BCUT2D eigenvalue weighted by Crippen LogP contribution is -2.32. The zero-order chi connectivity index (χ0) is 24.2. The van der Waals surface area contributed by atoms with Gasteiger partial charge in [0.15, 0.2) is 0 Å². The number of fused-ring (bicyclic) bond motifs is 1. The molecule has 0 spiro atoms. The van der Waals surface area contributed by atoms with Crippen LogP contribution in [0.15, 0.2) is 77.8 Å². The summed E-state index contributed by atoms with van der Waals surface area (Å²) in [6, 6.07) is 21.6. The molecule has 1 atom stereocenters. The van der Waals surface area contributed by atoms with Gasteiger partial charge in [0, 0.05) is 18.4 Å². The van der Waals surface area contributed by atoms with Gasteiger partial charge in [0.1, 0.15) is 5.92 Å². The first-order chi connectivity index (χ1) is 16.4. The Morgan fingerprint density at radius 1 is 1.03 bits per heavy atom. The molecule has 1 heterocycles. The molecular weight excluding hydrogens is 432 g/mol. The van der Waals surface area contributed by atoms with Crippen LogP contribution in [-0.2, 0) is 14.3 Å². The zero-order valence-corrected chi connectivity index (χ0v) is 18.8. The predicted octanol–water partition coefficient (Wildman–Crippen LogP) is 3.25. The molecule has 0 saturated carbocycles. The fraction of sp³-hybridized carbons (Fsp3) is 0.154. The van der Waals surface area contributed by atoms with Crippen LogP contribution < -0.4 is 16.0 Å². The number of nitrogens with one attached hydrogen (secondary N) is 1. The van der Waals surface area contributed by atoms with E-state index in [0.29, 0.717) is 28.3 Å². The largest absolute Gasteiger partial charge is 0.465 e. The topological polar surface area (TPSA) is 114 Å². The summed E-state index contributed by atoms with van der Waals surface area (Å²) in [4.78, 5) is 43.2. The maximum Gasteiger partial charge on any atom is 0.337 e. The fourth-order valence-electron chi connectivity index (χ4n) is 3.85. The molecule has 1 unspecified atom stereocenters. The maximum atomic E-state index is 13.1. The Labute approximate surface area is 197 Å². The second-order valence-electron chi connectivity index (χ2n) is 7.75. The van der Waals surface area contributed by atoms with Crippen molar-refractivity contribution in [2.24, 2.45) is 10.7 Å². The number of nitrogens with two attached hydrogens (primary N) is 1. The summed E-state index contributed by atoms with van der Waals surface area (Å²) in [6.07, 6.45) is 0. The van der Waals surface area contributed by atoms with Crippen molar-refractivity contribution < 1.29 is 19.1 Å². The standard InChI is InChI=1S/C26H24N4O4/c1-30(22(31)15-27)19-11-9-18(10-12-19)28-24(16-6-4-3-5-7-16)23-20-13-8-17(26(33)34-2)14-21(20)29-25(23)32/h3-14,23H,15,27H2,1-2H3,(H,29,32). The molecule has 34 heavy (non-hydrogen) atoms. The summed E-state index contributed by atoms with van der Waals surface area (Å²) in [5, 5.41) is 2.86. The molecule has 172 valence electrons. The molecule has 8 nitrogen and oxygen atoms in total. The Bertz CT molecular complexity index is 1270. The Morgan fingerprint density at radius 3 is 2.38 bits per heavy atom. The van der Waals surface area contributed by atoms with Crippen molar-refractivity contribution in [3.8, 4) is 0 Å². The van der Waals surface area contributed by atoms with Gasteiger partial charge >= 0.3 is 5.97 Å². The molecule has 1 aliphatic rings. The normalized spacial score (nSPS) is 14.9. The summed E-state index contributed by atoms with van der Waals surface area (Å²) in [5.74, 6) is -1.57. The second-order valence-corrected chi connectivity index (χ2v) is 7.75. The van der Waals surface area contributed by atoms with Gasteiger partial charge in [-0.1, -0.05) is 36.4 Å². The van der Waals surface area contributed by atoms with Crippen LogP contribution in [0.3, 0.4) is 0 Å². The number of nitrogens with zero attached hydrogens (tertiary/aromatic N) is 2. The highest BCUT2D eigenvalue weighted by atomic mass is 16.5. The molecule has 0 fully saturated rings. The average molecular weight is 457 g/mol. The van der Waals surface area contributed by atoms with Crippen LogP contribution in [0.5, 0.6) is 0 Å². The van der Waals surface area contributed by atoms with Gasteiger partial charge < -0.3 is 20.7 Å². The van der Waals surface area contributed by atoms with Gasteiger partial charge in [-0.25, -0.2) is 4.79 Å². The third-order valence-corrected chi connectivity index (χ3v) is 5.68. The highest BCUT2D eigenvalue weighted by Crippen LogP contribution is 2.37. The molecule has 2 amide bonds. The monoisotopic (exact) mass is 456 g/mol. The number of methoxy groups -OCH3 is 1. The zero-order valence-electron chi connectivity index (χ0n) is 18.8. The van der Waals surface area contributed by atoms with E-state index < -0.39 is 11.9 Å². The number of esters is 1. The molecule has 1 aliphatic heterocycles. The molecule has 4 rings (SSSR count). The van der Waals surface area contributed by atoms with E-state index in [1.54, 1.807) is 49.5 Å². The van der Waals surface area contributed by atoms with E-state index in [0.717, 1.165) is 11.1 Å². The molecule has 3 aromatic carbocycles. The number of ether oxygens (including phenoxy) is 1. The van der Waals surface area contributed by atoms with Gasteiger partial charge in [-0.2, -0.15) is 0 Å². The Morgan fingerprint density at radius 2 is 1.74 bits per heavy atom. The van der Waals surface area contributed by atoms with Gasteiger partial charge in [-0.3, -0.25) is 14.6 Å². The van der Waals surface area contributed by atoms with E-state index in [-0.39, 0.29) is 18.4 Å². The number of carbonyl (C=O) groups is 3. The third-order valence-electron chi connectivity index (χ3n) is 5.68. The molecule has 8 heteroatoms. The van der Waals surface area contributed by atoms with Crippen LogP contribution >= 0.6 is 0 Å². The Hall–Kier alpha value is -4.30. The number of rotatable bonds is 6. The van der Waals surface area contributed by atoms with E-state index in [9.17, 15) is 14.4 Å². The van der Waals surface area contributed by atoms with Crippen molar-refractivity contribution in [1.29, 1.82) is 0 Å². The number of carbonyl (C=O) groups excluding carboxylic acids is 3. The van der Waals surface area contributed by atoms with Gasteiger partial charge in [-0.15, -0.1) is 0 Å². The van der Waals surface area contributed by atoms with Crippen LogP contribution in [-0.4, -0.2) is 44.2 Å². The minimum absolute atomic E-state index is 0.0809. The minimum Gasteiger partial charge on any atom is -0.465 e. The van der Waals surface area contributed by atoms with Crippen molar-refractivity contribution in [1.82, 2.24) is 0 Å². The quantitative estimate of drug-likeness (QED) is 0.437. The maximum absolute atomic E-state index is 13.1. The van der Waals surface area contributed by atoms with Crippen LogP contribution in [0.2, 0.25) is 0 Å². The number of hydrogen-bond acceptors (Lipinski definition) is 6. The van der Waals surface area contributed by atoms with Gasteiger partial charge in [-0.05, 0) is 47.5 Å². The van der Waals surface area contributed by atoms with E-state index in [1.165, 1.54) is 12.0 Å². The molecular formula is C26H24N4O4. The smallest absolute Gasteiger partial charge is 0.337 e. The number of aliphatic imine (C=N–C) groups is 1. The molecule has 0 aromatic heterocycles. The first-order valence-electron chi connectivity index (χ1n) is 10.7. The summed E-state index contributed by atoms with van der Waals surface area (Å²) in [7, 11) is 2.97. The summed E-state index contributed by atoms with van der Waals surface area (Å²) >= 11 is 0. The molecule has 0 bridgehead atoms. The van der Waals surface area contributed by atoms with Gasteiger partial charge in [0.25, 0.3) is 0 Å². The molecule has 0 saturated heterocycles. The van der Waals surface area contributed by atoms with E-state index in [2.05, 4.69) is 5.32 Å². The molecule has 0 radical (unpaired) electrons. The van der Waals surface area contributed by atoms with Gasteiger partial charge in [0.2, 0.25) is 11.8 Å². The fourth-order valence-corrected chi connectivity index (χ4v) is 3.85. The average Bonchev–Trinajstić information content (AvgIpc) is 3.21. The number of benzene rings is 3. The highest BCUT2D eigenvalue weighted by Gasteiger charge is 2.36. The van der Waals surface area contributed by atoms with Crippen molar-refractivity contribution in [3.63, 3.8) is 0 Å². The van der Waals surface area contributed by atoms with Crippen LogP contribution in [0, 0.1) is 0 Å². The minimum atomic E-state index is -0.662. The molecule has 3 aromatic rings. The van der Waals surface area contributed by atoms with Crippen molar-refractivity contribution in [2.45, 2.75) is 5.92 Å². The third kappa shape index (κ3) is 4.44. The lowest BCUT2D eigenvalue weighted by atomic mass is 9.90. The van der Waals surface area contributed by atoms with Gasteiger partial charge in [0.05, 0.1) is 30.6 Å². The first-order valence-corrected chi connectivity index (χ1v) is 10.7. The number of anilines is 2. The lowest BCUT2D eigenvalue weighted by molar-refractivity contribution is -0.117. The number of amides is 2. The van der Waals surface area contributed by atoms with E-state index >= 15 is 0 Å². The Kier molecular flexibility index (Phi) is 6.51. The van der Waals surface area contributed by atoms with Crippen LogP contribution in [0.1, 0.15) is 27.4 Å². The molecule has 0 aliphatic carbocycles. The van der Waals surface area contributed by atoms with Crippen molar-refractivity contribution in [2.75, 3.05) is 30.9 Å². The summed E-state index contributed by atoms with van der Waals surface area (Å²) in [6.45, 7) is -0.0809. The van der Waals surface area contributed by atoms with E-state index in [4.69, 9.17) is 15.5 Å². The summed E-state index contributed by atoms with van der Waals surface area (Å²) < 4.78 is 4.79. The summed E-state index contributed by atoms with van der Waals surface area (Å²) in [5.41, 5.74) is 9.77. The number of hydrogen-bond donors (Lipinski definition) is 2. The van der Waals surface area contributed by atoms with Crippen molar-refractivity contribution >= 4 is 40.6 Å². The second kappa shape index (κ2) is 9.68. The van der Waals surface area contributed by atoms with Crippen molar-refractivity contribution in [3.05, 3.63) is 89.5 Å². The first kappa shape index (κ1) is 22.9. The predicted molar refractivity (Wildman–Crippen MR) is 131 cm³/mol. The SMILES string of the molecule is COC(=O)c1ccc2c(c1)NC(=O)C2C(=Nc1ccc(N(C)C(=O)CN)cc1)c1ccccc1. The van der Waals surface area contributed by atoms with Crippen LogP contribution in [0.25, 0.3) is 0 Å². The lowest BCUT2D eigenvalue weighted by Gasteiger charge is -2.17. The highest BCUT2D eigenvalue weighted by molar-refractivity contribution is 6.24. The Balaban J connectivity index is 1.76. The van der Waals surface area contributed by atoms with Crippen LogP contribution in [0.4, 0.5) is 17.1 Å². The van der Waals surface area contributed by atoms with E-state index in [1.807, 2.05) is 30.3 Å².